The maximum atomic E-state index is 6.22. The van der Waals surface area contributed by atoms with E-state index in [0.717, 1.165) is 0 Å². The molecule has 1 unspecified atom stereocenters. The van der Waals surface area contributed by atoms with E-state index in [-0.39, 0.29) is 22.4 Å². The number of hydrogen-bond acceptors (Lipinski definition) is 4. The van der Waals surface area contributed by atoms with E-state index in [2.05, 4.69) is 34.6 Å². The zero-order chi connectivity index (χ0) is 15.6. The van der Waals surface area contributed by atoms with E-state index in [1.807, 2.05) is 27.7 Å². The summed E-state index contributed by atoms with van der Waals surface area (Å²) >= 11 is 0. The molecule has 2 heterocycles. The smallest absolute Gasteiger partial charge is 0.405 e. The van der Waals surface area contributed by atoms with Gasteiger partial charge < -0.3 is 18.6 Å². The summed E-state index contributed by atoms with van der Waals surface area (Å²) in [7, 11) is -0.974. The van der Waals surface area contributed by atoms with E-state index in [1.54, 1.807) is 0 Å². The molecule has 0 radical (unpaired) electrons. The summed E-state index contributed by atoms with van der Waals surface area (Å²) in [5.74, 6) is 0.338. The molecule has 0 saturated carbocycles. The van der Waals surface area contributed by atoms with Gasteiger partial charge in [-0.05, 0) is 54.4 Å². The Morgan fingerprint density at radius 1 is 0.600 bits per heavy atom. The van der Waals surface area contributed by atoms with Gasteiger partial charge in [-0.15, -0.1) is 0 Å². The van der Waals surface area contributed by atoms with Gasteiger partial charge in [0.05, 0.1) is 22.4 Å². The van der Waals surface area contributed by atoms with Crippen molar-refractivity contribution in [2.75, 3.05) is 0 Å². The minimum atomic E-state index is -0.488. The largest absolute Gasteiger partial charge is 0.489 e. The van der Waals surface area contributed by atoms with Crippen molar-refractivity contribution in [1.29, 1.82) is 0 Å². The molecule has 6 heteroatoms. The minimum Gasteiger partial charge on any atom is -0.405 e. The summed E-state index contributed by atoms with van der Waals surface area (Å²) in [6.07, 6.45) is 0. The molecule has 2 aliphatic heterocycles. The summed E-state index contributed by atoms with van der Waals surface area (Å²) in [6, 6.07) is 0. The Labute approximate surface area is 124 Å². The van der Waals surface area contributed by atoms with Gasteiger partial charge in [-0.1, -0.05) is 13.8 Å². The molecule has 0 aromatic heterocycles. The Hall–Kier alpha value is -0.0301. The molecule has 2 rings (SSSR count). The lowest BCUT2D eigenvalue weighted by Crippen LogP contribution is -2.49. The zero-order valence-electron chi connectivity index (χ0n) is 14.4. The Bertz CT molecular complexity index is 379. The highest BCUT2D eigenvalue weighted by atomic mass is 16.7. The van der Waals surface area contributed by atoms with Crippen molar-refractivity contribution >= 4 is 14.0 Å². The average molecular weight is 282 g/mol. The lowest BCUT2D eigenvalue weighted by Gasteiger charge is -2.39. The van der Waals surface area contributed by atoms with Gasteiger partial charge in [-0.2, -0.15) is 0 Å². The van der Waals surface area contributed by atoms with E-state index >= 15 is 0 Å². The third-order valence-corrected chi connectivity index (χ3v) is 5.56. The molecule has 1 atom stereocenters. The van der Waals surface area contributed by atoms with Gasteiger partial charge in [0.25, 0.3) is 0 Å². The van der Waals surface area contributed by atoms with Gasteiger partial charge in [0.1, 0.15) is 0 Å². The predicted molar refractivity (Wildman–Crippen MR) is 81.3 cm³/mol. The molecule has 2 saturated heterocycles. The van der Waals surface area contributed by atoms with Crippen molar-refractivity contribution < 1.29 is 18.6 Å². The molecule has 0 amide bonds. The van der Waals surface area contributed by atoms with Gasteiger partial charge in [-0.25, -0.2) is 0 Å². The fourth-order valence-electron chi connectivity index (χ4n) is 2.76. The van der Waals surface area contributed by atoms with E-state index in [9.17, 15) is 0 Å². The van der Waals surface area contributed by atoms with Crippen LogP contribution >= 0.6 is 0 Å². The molecule has 0 aromatic rings. The Kier molecular flexibility index (Phi) is 3.66. The van der Waals surface area contributed by atoms with Crippen LogP contribution in [0.4, 0.5) is 0 Å². The van der Waals surface area contributed by atoms with Crippen molar-refractivity contribution in [2.45, 2.75) is 84.7 Å². The van der Waals surface area contributed by atoms with Crippen molar-refractivity contribution in [3.63, 3.8) is 0 Å². The maximum Gasteiger partial charge on any atom is 0.489 e. The first-order valence-corrected chi connectivity index (χ1v) is 7.54. The van der Waals surface area contributed by atoms with Crippen molar-refractivity contribution in [3.05, 3.63) is 0 Å². The molecule has 20 heavy (non-hydrogen) atoms. The van der Waals surface area contributed by atoms with Crippen LogP contribution in [0.1, 0.15) is 62.3 Å². The summed E-state index contributed by atoms with van der Waals surface area (Å²) in [5, 5.41) is 0. The quantitative estimate of drug-likeness (QED) is 0.730. The Balaban J connectivity index is 2.19. The first-order chi connectivity index (χ1) is 8.82. The van der Waals surface area contributed by atoms with Crippen LogP contribution in [-0.4, -0.2) is 36.4 Å². The van der Waals surface area contributed by atoms with E-state index in [1.165, 1.54) is 0 Å². The van der Waals surface area contributed by atoms with Crippen LogP contribution in [-0.2, 0) is 18.6 Å². The Morgan fingerprint density at radius 2 is 0.950 bits per heavy atom. The van der Waals surface area contributed by atoms with E-state index < -0.39 is 14.0 Å². The minimum absolute atomic E-state index is 0.338. The lowest BCUT2D eigenvalue weighted by atomic mass is 9.49. The molecule has 2 aliphatic rings. The topological polar surface area (TPSA) is 36.9 Å². The normalized spacial score (nSPS) is 35.1. The molecule has 0 aliphatic carbocycles. The van der Waals surface area contributed by atoms with Crippen LogP contribution in [0.15, 0.2) is 0 Å². The van der Waals surface area contributed by atoms with Gasteiger partial charge in [0.2, 0.25) is 0 Å². The zero-order valence-corrected chi connectivity index (χ0v) is 14.4. The van der Waals surface area contributed by atoms with Crippen LogP contribution < -0.4 is 0 Å². The molecule has 0 spiro atoms. The average Bonchev–Trinajstić information content (AvgIpc) is 2.60. The summed E-state index contributed by atoms with van der Waals surface area (Å²) < 4.78 is 24.4. The highest BCUT2D eigenvalue weighted by Gasteiger charge is 2.65. The second-order valence-electron chi connectivity index (χ2n) is 8.00. The molecular formula is C14H28B2O4. The van der Waals surface area contributed by atoms with Gasteiger partial charge in [0.15, 0.2) is 0 Å². The van der Waals surface area contributed by atoms with Gasteiger partial charge in [0, 0.05) is 0 Å². The lowest BCUT2D eigenvalue weighted by molar-refractivity contribution is -0.0435. The molecule has 2 fully saturated rings. The first kappa shape index (κ1) is 16.3. The summed E-state index contributed by atoms with van der Waals surface area (Å²) in [4.78, 5) is 0. The van der Waals surface area contributed by atoms with E-state index in [4.69, 9.17) is 18.6 Å². The summed E-state index contributed by atoms with van der Waals surface area (Å²) in [5.41, 5.74) is -1.48. The highest BCUT2D eigenvalue weighted by Crippen LogP contribution is 2.45. The number of rotatable bonds is 2. The van der Waals surface area contributed by atoms with Crippen LogP contribution in [0.2, 0.25) is 0 Å². The molecule has 0 N–H and O–H groups in total. The number of hydrogen-bond donors (Lipinski definition) is 0. The third-order valence-electron chi connectivity index (χ3n) is 5.56. The monoisotopic (exact) mass is 282 g/mol. The first-order valence-electron chi connectivity index (χ1n) is 7.54. The van der Waals surface area contributed by atoms with E-state index in [0.29, 0.717) is 5.92 Å². The maximum absolute atomic E-state index is 6.22. The second-order valence-corrected chi connectivity index (χ2v) is 8.00. The molecular weight excluding hydrogens is 254 g/mol. The second kappa shape index (κ2) is 4.48. The van der Waals surface area contributed by atoms with Crippen LogP contribution in [0.25, 0.3) is 0 Å². The molecule has 0 bridgehead atoms. The van der Waals surface area contributed by atoms with Crippen LogP contribution in [0.5, 0.6) is 0 Å². The summed E-state index contributed by atoms with van der Waals surface area (Å²) in [6.45, 7) is 18.7. The predicted octanol–water partition coefficient (Wildman–Crippen LogP) is 2.89. The van der Waals surface area contributed by atoms with Crippen LogP contribution in [0, 0.1) is 5.92 Å². The third kappa shape index (κ3) is 2.25. The fourth-order valence-corrected chi connectivity index (χ4v) is 2.76. The highest BCUT2D eigenvalue weighted by molar-refractivity contribution is 7.11. The van der Waals surface area contributed by atoms with Crippen molar-refractivity contribution in [1.82, 2.24) is 0 Å². The van der Waals surface area contributed by atoms with Gasteiger partial charge in [-0.3, -0.25) is 0 Å². The standard InChI is InChI=1S/C14H28B2O4/c1-10(2)14(9)13(7,8)19-16(20-14)15-17-11(3,4)12(5,6)18-15/h10H,1-9H3. The van der Waals surface area contributed by atoms with Crippen molar-refractivity contribution in [3.8, 4) is 0 Å². The van der Waals surface area contributed by atoms with Gasteiger partial charge >= 0.3 is 14.0 Å². The fraction of sp³-hybridized carbons (Fsp3) is 1.00. The van der Waals surface area contributed by atoms with Crippen LogP contribution in [0.3, 0.4) is 0 Å². The Morgan fingerprint density at radius 3 is 1.30 bits per heavy atom. The molecule has 4 nitrogen and oxygen atoms in total. The molecule has 0 aromatic carbocycles. The van der Waals surface area contributed by atoms with Crippen molar-refractivity contribution in [2.24, 2.45) is 5.92 Å². The SMILES string of the molecule is CC(C)C1(C)OB(B2OC(C)(C)C(C)(C)O2)OC1(C)C. The molecule has 114 valence electrons.